The van der Waals surface area contributed by atoms with E-state index in [9.17, 15) is 4.79 Å². The van der Waals surface area contributed by atoms with E-state index in [1.807, 2.05) is 0 Å². The van der Waals surface area contributed by atoms with E-state index in [1.54, 1.807) is 0 Å². The Balaban J connectivity index is 1.96. The van der Waals surface area contributed by atoms with Gasteiger partial charge in [-0.3, -0.25) is 4.79 Å². The Morgan fingerprint density at radius 2 is 1.91 bits per heavy atom. The van der Waals surface area contributed by atoms with Gasteiger partial charge in [0.2, 0.25) is 0 Å². The van der Waals surface area contributed by atoms with E-state index in [1.165, 1.54) is 32.1 Å². The Bertz CT molecular complexity index is 170. The molecule has 2 saturated carbocycles. The number of carbonyl (C=O) groups excluding carboxylic acids is 1. The van der Waals surface area contributed by atoms with Crippen LogP contribution >= 0.6 is 0 Å². The molecule has 0 aliphatic heterocycles. The van der Waals surface area contributed by atoms with Gasteiger partial charge in [-0.1, -0.05) is 13.3 Å². The zero-order valence-corrected chi connectivity index (χ0v) is 7.18. The van der Waals surface area contributed by atoms with Crippen LogP contribution in [0.1, 0.15) is 39.0 Å². The van der Waals surface area contributed by atoms with E-state index in [2.05, 4.69) is 6.92 Å². The molecule has 0 aromatic heterocycles. The lowest BCUT2D eigenvalue weighted by molar-refractivity contribution is -0.124. The summed E-state index contributed by atoms with van der Waals surface area (Å²) in [7, 11) is 0. The quantitative estimate of drug-likeness (QED) is 0.593. The van der Waals surface area contributed by atoms with Crippen LogP contribution in [0.15, 0.2) is 0 Å². The van der Waals surface area contributed by atoms with E-state index in [4.69, 9.17) is 0 Å². The number of rotatable bonds is 2. The largest absolute Gasteiger partial charge is 0.299 e. The summed E-state index contributed by atoms with van der Waals surface area (Å²) in [4.78, 5) is 11.6. The van der Waals surface area contributed by atoms with Crippen molar-refractivity contribution in [2.75, 3.05) is 0 Å². The second-order valence-electron chi connectivity index (χ2n) is 4.19. The number of ketones is 1. The van der Waals surface area contributed by atoms with Crippen molar-refractivity contribution in [1.29, 1.82) is 0 Å². The summed E-state index contributed by atoms with van der Waals surface area (Å²) in [6, 6.07) is 0. The zero-order valence-electron chi connectivity index (χ0n) is 7.18. The summed E-state index contributed by atoms with van der Waals surface area (Å²) in [5.41, 5.74) is 0. The van der Waals surface area contributed by atoms with Gasteiger partial charge in [-0.2, -0.15) is 0 Å². The smallest absolute Gasteiger partial charge is 0.139 e. The van der Waals surface area contributed by atoms with Gasteiger partial charge in [-0.25, -0.2) is 0 Å². The maximum Gasteiger partial charge on any atom is 0.139 e. The van der Waals surface area contributed by atoms with Gasteiger partial charge in [-0.05, 0) is 31.6 Å². The summed E-state index contributed by atoms with van der Waals surface area (Å²) in [5, 5.41) is 0. The van der Waals surface area contributed by atoms with Gasteiger partial charge in [0.25, 0.3) is 0 Å². The molecule has 0 bridgehead atoms. The normalized spacial score (nSPS) is 37.5. The van der Waals surface area contributed by atoms with Crippen LogP contribution < -0.4 is 0 Å². The third-order valence-corrected chi connectivity index (χ3v) is 3.21. The van der Waals surface area contributed by atoms with Gasteiger partial charge in [0.15, 0.2) is 0 Å². The molecular formula is C10H16O. The molecule has 62 valence electrons. The molecule has 2 fully saturated rings. The Hall–Kier alpha value is -0.330. The molecule has 0 aromatic rings. The number of hydrogen-bond donors (Lipinski definition) is 0. The first kappa shape index (κ1) is 7.33. The third kappa shape index (κ3) is 1.33. The van der Waals surface area contributed by atoms with Crippen molar-refractivity contribution in [3.8, 4) is 0 Å². The van der Waals surface area contributed by atoms with E-state index in [0.717, 1.165) is 0 Å². The van der Waals surface area contributed by atoms with E-state index in [0.29, 0.717) is 23.5 Å². The highest BCUT2D eigenvalue weighted by atomic mass is 16.1. The first-order valence-corrected chi connectivity index (χ1v) is 4.83. The molecule has 0 radical (unpaired) electrons. The second kappa shape index (κ2) is 2.62. The molecule has 0 heterocycles. The minimum Gasteiger partial charge on any atom is -0.299 e. The molecule has 0 N–H and O–H groups in total. The fourth-order valence-electron chi connectivity index (χ4n) is 2.24. The van der Waals surface area contributed by atoms with E-state index >= 15 is 0 Å². The molecule has 1 nitrogen and oxygen atoms in total. The predicted molar refractivity (Wildman–Crippen MR) is 44.2 cm³/mol. The Morgan fingerprint density at radius 3 is 2.36 bits per heavy atom. The fraction of sp³-hybridized carbons (Fsp3) is 0.900. The molecule has 2 aliphatic rings. The topological polar surface area (TPSA) is 17.1 Å². The van der Waals surface area contributed by atoms with Crippen LogP contribution in [-0.4, -0.2) is 5.78 Å². The summed E-state index contributed by atoms with van der Waals surface area (Å²) in [5.74, 6) is 2.21. The highest BCUT2D eigenvalue weighted by molar-refractivity contribution is 5.85. The van der Waals surface area contributed by atoms with Crippen LogP contribution in [0.25, 0.3) is 0 Å². The number of Topliss-reactive ketones (excluding diaryl/α,β-unsaturated/α-hetero) is 1. The molecular weight excluding hydrogens is 136 g/mol. The average molecular weight is 152 g/mol. The predicted octanol–water partition coefficient (Wildman–Crippen LogP) is 2.40. The van der Waals surface area contributed by atoms with Crippen molar-refractivity contribution >= 4 is 5.78 Å². The molecule has 2 atom stereocenters. The molecule has 0 amide bonds. The van der Waals surface area contributed by atoms with Crippen LogP contribution in [0, 0.1) is 17.8 Å². The summed E-state index contributed by atoms with van der Waals surface area (Å²) < 4.78 is 0. The van der Waals surface area contributed by atoms with Crippen LogP contribution in [0.2, 0.25) is 0 Å². The highest BCUT2D eigenvalue weighted by Crippen LogP contribution is 2.40. The lowest BCUT2D eigenvalue weighted by atomic mass is 9.91. The summed E-state index contributed by atoms with van der Waals surface area (Å²) in [6.07, 6.45) is 6.11. The lowest BCUT2D eigenvalue weighted by Gasteiger charge is -2.12. The standard InChI is InChI=1S/C10H16O/c1-7-3-2-4-9(7)10(11)8-5-6-8/h7-9H,2-6H2,1H3. The second-order valence-corrected chi connectivity index (χ2v) is 4.19. The zero-order chi connectivity index (χ0) is 7.84. The van der Waals surface area contributed by atoms with Crippen molar-refractivity contribution in [2.45, 2.75) is 39.0 Å². The van der Waals surface area contributed by atoms with Gasteiger partial charge in [0.05, 0.1) is 0 Å². The average Bonchev–Trinajstić information content (AvgIpc) is 2.74. The van der Waals surface area contributed by atoms with Gasteiger partial charge in [0, 0.05) is 11.8 Å². The van der Waals surface area contributed by atoms with Gasteiger partial charge >= 0.3 is 0 Å². The Kier molecular flexibility index (Phi) is 1.74. The minimum absolute atomic E-state index is 0.447. The first-order chi connectivity index (χ1) is 5.29. The van der Waals surface area contributed by atoms with Crippen LogP contribution in [0.5, 0.6) is 0 Å². The molecule has 0 spiro atoms. The van der Waals surface area contributed by atoms with Gasteiger partial charge < -0.3 is 0 Å². The fourth-order valence-corrected chi connectivity index (χ4v) is 2.24. The summed E-state index contributed by atoms with van der Waals surface area (Å²) >= 11 is 0. The van der Waals surface area contributed by atoms with Crippen molar-refractivity contribution in [3.63, 3.8) is 0 Å². The van der Waals surface area contributed by atoms with Crippen LogP contribution in [-0.2, 0) is 4.79 Å². The SMILES string of the molecule is CC1CCCC1C(=O)C1CC1. The lowest BCUT2D eigenvalue weighted by Crippen LogP contribution is -2.18. The molecule has 0 aromatic carbocycles. The molecule has 2 unspecified atom stereocenters. The maximum atomic E-state index is 11.6. The molecule has 11 heavy (non-hydrogen) atoms. The minimum atomic E-state index is 0.447. The molecule has 2 rings (SSSR count). The Morgan fingerprint density at radius 1 is 1.18 bits per heavy atom. The first-order valence-electron chi connectivity index (χ1n) is 4.83. The van der Waals surface area contributed by atoms with Crippen molar-refractivity contribution in [2.24, 2.45) is 17.8 Å². The van der Waals surface area contributed by atoms with Crippen LogP contribution in [0.3, 0.4) is 0 Å². The molecule has 0 saturated heterocycles. The number of carbonyl (C=O) groups is 1. The third-order valence-electron chi connectivity index (χ3n) is 3.21. The van der Waals surface area contributed by atoms with Crippen molar-refractivity contribution in [1.82, 2.24) is 0 Å². The van der Waals surface area contributed by atoms with Crippen molar-refractivity contribution < 1.29 is 4.79 Å². The van der Waals surface area contributed by atoms with Crippen LogP contribution in [0.4, 0.5) is 0 Å². The summed E-state index contributed by atoms with van der Waals surface area (Å²) in [6.45, 7) is 2.23. The Labute approximate surface area is 68.2 Å². The maximum absolute atomic E-state index is 11.6. The van der Waals surface area contributed by atoms with Gasteiger partial charge in [-0.15, -0.1) is 0 Å². The van der Waals surface area contributed by atoms with E-state index in [-0.39, 0.29) is 0 Å². The van der Waals surface area contributed by atoms with E-state index < -0.39 is 0 Å². The monoisotopic (exact) mass is 152 g/mol. The highest BCUT2D eigenvalue weighted by Gasteiger charge is 2.38. The molecule has 2 aliphatic carbocycles. The number of hydrogen-bond acceptors (Lipinski definition) is 1. The van der Waals surface area contributed by atoms with Crippen molar-refractivity contribution in [3.05, 3.63) is 0 Å². The van der Waals surface area contributed by atoms with Gasteiger partial charge in [0.1, 0.15) is 5.78 Å². The molecule has 1 heteroatoms.